The van der Waals surface area contributed by atoms with Crippen LogP contribution in [0.3, 0.4) is 0 Å². The summed E-state index contributed by atoms with van der Waals surface area (Å²) in [6, 6.07) is 9.31. The average molecular weight is 523 g/mol. The molecule has 1 aromatic carbocycles. The SMILES string of the molecule is CC(C)(C)C(=O)Nc1cncc(-c2cnc3[nH]nc(-c4nc5c(-c6cc(O)cc(F)c6)ccnc5[nH]4)c3c2)c1. The third-order valence-corrected chi connectivity index (χ3v) is 6.23. The van der Waals surface area contributed by atoms with Crippen molar-refractivity contribution < 1.29 is 14.3 Å². The molecule has 0 saturated heterocycles. The number of pyridine rings is 3. The van der Waals surface area contributed by atoms with Crippen LogP contribution in [-0.4, -0.2) is 46.1 Å². The molecule has 0 aliphatic rings. The Kier molecular flexibility index (Phi) is 5.56. The molecule has 5 aromatic heterocycles. The lowest BCUT2D eigenvalue weighted by Gasteiger charge is -2.17. The summed E-state index contributed by atoms with van der Waals surface area (Å²) in [5.41, 5.74) is 4.73. The number of fused-ring (bicyclic) bond motifs is 2. The summed E-state index contributed by atoms with van der Waals surface area (Å²) in [4.78, 5) is 33.5. The van der Waals surface area contributed by atoms with Crippen molar-refractivity contribution in [2.75, 3.05) is 5.32 Å². The van der Waals surface area contributed by atoms with Gasteiger partial charge in [-0.3, -0.25) is 14.9 Å². The van der Waals surface area contributed by atoms with E-state index in [9.17, 15) is 14.3 Å². The summed E-state index contributed by atoms with van der Waals surface area (Å²) < 4.78 is 14.0. The number of phenols is 1. The largest absolute Gasteiger partial charge is 0.508 e. The number of aromatic nitrogens is 7. The highest BCUT2D eigenvalue weighted by atomic mass is 19.1. The van der Waals surface area contributed by atoms with Gasteiger partial charge in [0.1, 0.15) is 22.8 Å². The van der Waals surface area contributed by atoms with Gasteiger partial charge < -0.3 is 15.4 Å². The Hall–Kier alpha value is -5.19. The van der Waals surface area contributed by atoms with Gasteiger partial charge in [-0.05, 0) is 35.9 Å². The van der Waals surface area contributed by atoms with Gasteiger partial charge in [0.25, 0.3) is 0 Å². The van der Waals surface area contributed by atoms with Crippen LogP contribution in [0.5, 0.6) is 5.75 Å². The molecule has 10 nitrogen and oxygen atoms in total. The lowest BCUT2D eigenvalue weighted by Crippen LogP contribution is -2.27. The molecular weight excluding hydrogens is 499 g/mol. The fourth-order valence-electron chi connectivity index (χ4n) is 4.21. The summed E-state index contributed by atoms with van der Waals surface area (Å²) in [7, 11) is 0. The van der Waals surface area contributed by atoms with Crippen LogP contribution in [0, 0.1) is 11.2 Å². The van der Waals surface area contributed by atoms with Crippen molar-refractivity contribution in [1.82, 2.24) is 35.1 Å². The number of imidazole rings is 1. The number of amides is 1. The fraction of sp³-hybridized carbons (Fsp3) is 0.143. The fourth-order valence-corrected chi connectivity index (χ4v) is 4.21. The van der Waals surface area contributed by atoms with Gasteiger partial charge in [0.2, 0.25) is 5.91 Å². The van der Waals surface area contributed by atoms with E-state index in [-0.39, 0.29) is 11.7 Å². The number of rotatable bonds is 4. The van der Waals surface area contributed by atoms with Crippen molar-refractivity contribution in [1.29, 1.82) is 0 Å². The standard InChI is InChI=1S/C28H23FN8O2/c1-28(2,3)27(39)33-18-7-15(11-30-13-18)16-9-21-23(36-37-24(21)32-12-16)26-34-22-20(4-5-31-25(22)35-26)14-6-17(29)10-19(38)8-14/h4-13,38H,1-3H3,(H,33,39)(H,31,34,35)(H,32,36,37). The zero-order chi connectivity index (χ0) is 27.3. The van der Waals surface area contributed by atoms with Gasteiger partial charge in [-0.15, -0.1) is 0 Å². The molecule has 39 heavy (non-hydrogen) atoms. The number of carbonyl (C=O) groups excluding carboxylic acids is 1. The van der Waals surface area contributed by atoms with Crippen LogP contribution in [-0.2, 0) is 4.79 Å². The van der Waals surface area contributed by atoms with E-state index in [1.54, 1.807) is 30.9 Å². The molecule has 194 valence electrons. The molecule has 0 spiro atoms. The predicted octanol–water partition coefficient (Wildman–Crippen LogP) is 5.45. The number of halogens is 1. The number of nitrogens with zero attached hydrogens (tertiary/aromatic N) is 5. The Labute approximate surface area is 221 Å². The van der Waals surface area contributed by atoms with Gasteiger partial charge in [-0.1, -0.05) is 20.8 Å². The second kappa shape index (κ2) is 8.98. The summed E-state index contributed by atoms with van der Waals surface area (Å²) in [5.74, 6) is -0.406. The van der Waals surface area contributed by atoms with Crippen molar-refractivity contribution >= 4 is 33.8 Å². The summed E-state index contributed by atoms with van der Waals surface area (Å²) in [6.45, 7) is 5.53. The highest BCUT2D eigenvalue weighted by Gasteiger charge is 2.22. The summed E-state index contributed by atoms with van der Waals surface area (Å²) >= 11 is 0. The van der Waals surface area contributed by atoms with Crippen LogP contribution in [0.4, 0.5) is 10.1 Å². The quantitative estimate of drug-likeness (QED) is 0.241. The molecule has 6 rings (SSSR count). The first-order valence-electron chi connectivity index (χ1n) is 12.1. The summed E-state index contributed by atoms with van der Waals surface area (Å²) in [5, 5.41) is 20.9. The minimum atomic E-state index is -0.556. The number of carbonyl (C=O) groups is 1. The van der Waals surface area contributed by atoms with E-state index >= 15 is 0 Å². The Morgan fingerprint density at radius 3 is 2.59 bits per heavy atom. The Morgan fingerprint density at radius 1 is 0.974 bits per heavy atom. The number of aromatic hydroxyl groups is 1. The topological polar surface area (TPSA) is 145 Å². The van der Waals surface area contributed by atoms with Crippen LogP contribution >= 0.6 is 0 Å². The molecule has 0 atom stereocenters. The number of hydrogen-bond acceptors (Lipinski definition) is 7. The van der Waals surface area contributed by atoms with Gasteiger partial charge in [0.15, 0.2) is 17.1 Å². The smallest absolute Gasteiger partial charge is 0.229 e. The molecular formula is C28H23FN8O2. The van der Waals surface area contributed by atoms with E-state index < -0.39 is 11.2 Å². The number of hydrogen-bond donors (Lipinski definition) is 4. The molecule has 4 N–H and O–H groups in total. The first-order chi connectivity index (χ1) is 18.7. The van der Waals surface area contributed by atoms with Gasteiger partial charge in [0, 0.05) is 46.8 Å². The number of aromatic amines is 2. The van der Waals surface area contributed by atoms with Gasteiger partial charge in [-0.25, -0.2) is 19.3 Å². The predicted molar refractivity (Wildman–Crippen MR) is 145 cm³/mol. The minimum absolute atomic E-state index is 0.113. The normalized spacial score (nSPS) is 11.8. The maximum Gasteiger partial charge on any atom is 0.229 e. The monoisotopic (exact) mass is 522 g/mol. The molecule has 0 aliphatic heterocycles. The Balaban J connectivity index is 1.41. The minimum Gasteiger partial charge on any atom is -0.508 e. The molecule has 11 heteroatoms. The number of phenolic OH excluding ortho intramolecular Hbond substituents is 1. The van der Waals surface area contributed by atoms with Crippen LogP contribution in [0.1, 0.15) is 20.8 Å². The zero-order valence-corrected chi connectivity index (χ0v) is 21.2. The van der Waals surface area contributed by atoms with Crippen LogP contribution in [0.15, 0.2) is 61.2 Å². The molecule has 0 radical (unpaired) electrons. The molecule has 5 heterocycles. The molecule has 0 fully saturated rings. The molecule has 0 bridgehead atoms. The van der Waals surface area contributed by atoms with E-state index in [1.807, 2.05) is 32.9 Å². The maximum atomic E-state index is 14.0. The summed E-state index contributed by atoms with van der Waals surface area (Å²) in [6.07, 6.45) is 6.58. The second-order valence-corrected chi connectivity index (χ2v) is 10.2. The van der Waals surface area contributed by atoms with Crippen molar-refractivity contribution in [2.24, 2.45) is 5.41 Å². The molecule has 0 saturated carbocycles. The van der Waals surface area contributed by atoms with E-state index in [1.165, 1.54) is 12.1 Å². The molecule has 6 aromatic rings. The number of benzene rings is 1. The molecule has 1 amide bonds. The number of H-pyrrole nitrogens is 2. The first-order valence-corrected chi connectivity index (χ1v) is 12.1. The first kappa shape index (κ1) is 24.2. The van der Waals surface area contributed by atoms with Crippen molar-refractivity contribution in [3.05, 3.63) is 67.0 Å². The van der Waals surface area contributed by atoms with Crippen molar-refractivity contribution in [3.8, 4) is 39.5 Å². The lowest BCUT2D eigenvalue weighted by molar-refractivity contribution is -0.123. The Bertz CT molecular complexity index is 1870. The number of nitrogens with one attached hydrogen (secondary N) is 3. The lowest BCUT2D eigenvalue weighted by atomic mass is 9.95. The Morgan fingerprint density at radius 2 is 1.79 bits per heavy atom. The highest BCUT2D eigenvalue weighted by molar-refractivity contribution is 5.97. The van der Waals surface area contributed by atoms with Gasteiger partial charge >= 0.3 is 0 Å². The third-order valence-electron chi connectivity index (χ3n) is 6.23. The third kappa shape index (κ3) is 4.54. The average Bonchev–Trinajstić information content (AvgIpc) is 3.51. The van der Waals surface area contributed by atoms with Crippen molar-refractivity contribution in [2.45, 2.75) is 20.8 Å². The van der Waals surface area contributed by atoms with Crippen LogP contribution < -0.4 is 5.32 Å². The van der Waals surface area contributed by atoms with E-state index in [0.717, 1.165) is 17.2 Å². The van der Waals surface area contributed by atoms with E-state index in [0.29, 0.717) is 50.5 Å². The van der Waals surface area contributed by atoms with Crippen LogP contribution in [0.2, 0.25) is 0 Å². The molecule has 0 aliphatic carbocycles. The van der Waals surface area contributed by atoms with Crippen LogP contribution in [0.25, 0.3) is 56.0 Å². The van der Waals surface area contributed by atoms with E-state index in [2.05, 4.69) is 35.5 Å². The number of anilines is 1. The highest BCUT2D eigenvalue weighted by Crippen LogP contribution is 2.33. The van der Waals surface area contributed by atoms with E-state index in [4.69, 9.17) is 4.98 Å². The zero-order valence-electron chi connectivity index (χ0n) is 21.2. The second-order valence-electron chi connectivity index (χ2n) is 10.2. The van der Waals surface area contributed by atoms with Gasteiger partial charge in [0.05, 0.1) is 17.3 Å². The van der Waals surface area contributed by atoms with Gasteiger partial charge in [-0.2, -0.15) is 5.10 Å². The van der Waals surface area contributed by atoms with Crippen molar-refractivity contribution in [3.63, 3.8) is 0 Å². The molecule has 0 unspecified atom stereocenters. The maximum absolute atomic E-state index is 14.0.